The molecular formula is C33H42F3N5O3. The minimum absolute atomic E-state index is 0.0146. The molecule has 8 nitrogen and oxygen atoms in total. The van der Waals surface area contributed by atoms with E-state index >= 15 is 0 Å². The predicted molar refractivity (Wildman–Crippen MR) is 162 cm³/mol. The molecule has 3 heterocycles. The molecule has 238 valence electrons. The molecule has 1 aliphatic carbocycles. The fourth-order valence-electron chi connectivity index (χ4n) is 6.45. The highest BCUT2D eigenvalue weighted by Gasteiger charge is 2.58. The largest absolute Gasteiger partial charge is 0.480 e. The summed E-state index contributed by atoms with van der Waals surface area (Å²) in [6, 6.07) is 9.45. The van der Waals surface area contributed by atoms with Crippen LogP contribution in [-0.4, -0.2) is 64.5 Å². The number of aromatic nitrogens is 3. The molecule has 2 aromatic heterocycles. The first kappa shape index (κ1) is 31.9. The van der Waals surface area contributed by atoms with Gasteiger partial charge in [0.05, 0.1) is 42.5 Å². The molecule has 2 N–H and O–H groups in total. The van der Waals surface area contributed by atoms with E-state index in [4.69, 9.17) is 4.74 Å². The number of alkyl halides is 3. The monoisotopic (exact) mass is 613 g/mol. The SMILES string of the molecule is CCC(=O)CCCCC[C@H](NC(=O)[C@H]1CC12CCN(CCC(F)(F)F)CC2)c1ncc(-c2cc3ccccc3nc2OC)[nH]1. The Morgan fingerprint density at radius 1 is 1.18 bits per heavy atom. The van der Waals surface area contributed by atoms with Crippen LogP contribution < -0.4 is 10.1 Å². The number of amides is 1. The molecule has 0 unspecified atom stereocenters. The van der Waals surface area contributed by atoms with Crippen molar-refractivity contribution in [1.29, 1.82) is 0 Å². The Kier molecular flexibility index (Phi) is 9.92. The molecule has 44 heavy (non-hydrogen) atoms. The average molecular weight is 614 g/mol. The molecule has 1 saturated heterocycles. The maximum Gasteiger partial charge on any atom is 0.390 e. The number of ether oxygens (including phenoxy) is 1. The van der Waals surface area contributed by atoms with Crippen molar-refractivity contribution in [2.75, 3.05) is 26.7 Å². The number of halogens is 3. The first-order valence-corrected chi connectivity index (χ1v) is 15.7. The van der Waals surface area contributed by atoms with Gasteiger partial charge in [-0.25, -0.2) is 9.97 Å². The van der Waals surface area contributed by atoms with Gasteiger partial charge in [-0.05, 0) is 62.7 Å². The number of fused-ring (bicyclic) bond motifs is 1. The van der Waals surface area contributed by atoms with Gasteiger partial charge in [-0.1, -0.05) is 38.0 Å². The summed E-state index contributed by atoms with van der Waals surface area (Å²) < 4.78 is 43.6. The van der Waals surface area contributed by atoms with Crippen LogP contribution in [0.2, 0.25) is 0 Å². The second kappa shape index (κ2) is 13.7. The Labute approximate surface area is 256 Å². The minimum atomic E-state index is -4.15. The second-order valence-electron chi connectivity index (χ2n) is 12.3. The quantitative estimate of drug-likeness (QED) is 0.195. The number of ketones is 1. The molecule has 1 aliphatic heterocycles. The van der Waals surface area contributed by atoms with Crippen molar-refractivity contribution >= 4 is 22.6 Å². The normalized spacial score (nSPS) is 18.8. The Morgan fingerprint density at radius 2 is 1.95 bits per heavy atom. The number of aromatic amines is 1. The lowest BCUT2D eigenvalue weighted by molar-refractivity contribution is -0.138. The molecule has 1 spiro atoms. The third-order valence-corrected chi connectivity index (χ3v) is 9.33. The first-order chi connectivity index (χ1) is 21.1. The zero-order valence-electron chi connectivity index (χ0n) is 25.5. The number of para-hydroxylation sites is 1. The first-order valence-electron chi connectivity index (χ1n) is 15.7. The molecule has 2 fully saturated rings. The van der Waals surface area contributed by atoms with Gasteiger partial charge in [-0.15, -0.1) is 0 Å². The van der Waals surface area contributed by atoms with Crippen LogP contribution in [0.4, 0.5) is 13.2 Å². The molecule has 0 bridgehead atoms. The zero-order valence-corrected chi connectivity index (χ0v) is 25.5. The summed E-state index contributed by atoms with van der Waals surface area (Å²) in [5, 5.41) is 4.22. The van der Waals surface area contributed by atoms with Crippen molar-refractivity contribution < 1.29 is 27.5 Å². The zero-order chi connectivity index (χ0) is 31.3. The van der Waals surface area contributed by atoms with Gasteiger partial charge in [0, 0.05) is 30.7 Å². The highest BCUT2D eigenvalue weighted by atomic mass is 19.4. The van der Waals surface area contributed by atoms with Crippen molar-refractivity contribution in [2.45, 2.75) is 83.4 Å². The number of H-pyrrole nitrogens is 1. The molecule has 1 saturated carbocycles. The predicted octanol–water partition coefficient (Wildman–Crippen LogP) is 6.77. The number of unbranched alkanes of at least 4 members (excludes halogenated alkanes) is 2. The number of hydrogen-bond donors (Lipinski definition) is 2. The lowest BCUT2D eigenvalue weighted by Crippen LogP contribution is -2.39. The van der Waals surface area contributed by atoms with E-state index in [1.165, 1.54) is 0 Å². The highest BCUT2D eigenvalue weighted by molar-refractivity contribution is 5.85. The molecule has 1 amide bonds. The Hall–Kier alpha value is -3.47. The number of Topliss-reactive ketones (excluding diaryl/α,β-unsaturated/α-hetero) is 1. The van der Waals surface area contributed by atoms with Crippen LogP contribution in [0.15, 0.2) is 36.5 Å². The van der Waals surface area contributed by atoms with Crippen molar-refractivity contribution in [2.24, 2.45) is 11.3 Å². The van der Waals surface area contributed by atoms with Gasteiger partial charge in [0.15, 0.2) is 0 Å². The van der Waals surface area contributed by atoms with Gasteiger partial charge in [0.1, 0.15) is 11.6 Å². The summed E-state index contributed by atoms with van der Waals surface area (Å²) in [6.07, 6.45) is 3.30. The highest BCUT2D eigenvalue weighted by Crippen LogP contribution is 2.59. The van der Waals surface area contributed by atoms with E-state index in [-0.39, 0.29) is 35.6 Å². The molecule has 2 atom stereocenters. The summed E-state index contributed by atoms with van der Waals surface area (Å²) in [7, 11) is 1.58. The van der Waals surface area contributed by atoms with Crippen molar-refractivity contribution in [3.8, 4) is 17.1 Å². The molecule has 2 aliphatic rings. The van der Waals surface area contributed by atoms with E-state index in [0.717, 1.165) is 60.7 Å². The van der Waals surface area contributed by atoms with E-state index in [2.05, 4.69) is 20.3 Å². The van der Waals surface area contributed by atoms with Gasteiger partial charge in [-0.3, -0.25) is 9.59 Å². The van der Waals surface area contributed by atoms with E-state index in [1.54, 1.807) is 13.3 Å². The Bertz CT molecular complexity index is 1450. The number of nitrogens with zero attached hydrogens (tertiary/aromatic N) is 3. The molecule has 3 aromatic rings. The lowest BCUT2D eigenvalue weighted by Gasteiger charge is -2.33. The summed E-state index contributed by atoms with van der Waals surface area (Å²) in [5.41, 5.74) is 2.20. The number of benzene rings is 1. The van der Waals surface area contributed by atoms with Gasteiger partial charge in [-0.2, -0.15) is 13.2 Å². The van der Waals surface area contributed by atoms with E-state index in [1.807, 2.05) is 42.2 Å². The molecular weight excluding hydrogens is 571 g/mol. The fourth-order valence-corrected chi connectivity index (χ4v) is 6.45. The number of rotatable bonds is 14. The number of imidazole rings is 1. The van der Waals surface area contributed by atoms with Gasteiger partial charge in [0.25, 0.3) is 0 Å². The number of carbonyl (C=O) groups is 2. The number of hydrogen-bond acceptors (Lipinski definition) is 6. The van der Waals surface area contributed by atoms with Crippen LogP contribution in [0.25, 0.3) is 22.2 Å². The van der Waals surface area contributed by atoms with Gasteiger partial charge in [0.2, 0.25) is 11.8 Å². The Morgan fingerprint density at radius 3 is 2.68 bits per heavy atom. The lowest BCUT2D eigenvalue weighted by atomic mass is 9.90. The second-order valence-corrected chi connectivity index (χ2v) is 12.3. The molecule has 0 radical (unpaired) electrons. The van der Waals surface area contributed by atoms with E-state index in [0.29, 0.717) is 44.1 Å². The number of pyridine rings is 1. The van der Waals surface area contributed by atoms with Crippen LogP contribution >= 0.6 is 0 Å². The van der Waals surface area contributed by atoms with Crippen molar-refractivity contribution in [3.05, 3.63) is 42.4 Å². The summed E-state index contributed by atoms with van der Waals surface area (Å²) >= 11 is 0. The fraction of sp³-hybridized carbons (Fsp3) is 0.576. The molecule has 5 rings (SSSR count). The summed E-state index contributed by atoms with van der Waals surface area (Å²) in [4.78, 5) is 39.9. The maximum atomic E-state index is 13.6. The van der Waals surface area contributed by atoms with Gasteiger partial charge >= 0.3 is 6.18 Å². The standard InChI is InChI=1S/C33H42F3N5O3/c1-3-23(42)10-5-4-6-12-27(39-30(43)25-20-32(25)13-16-41(17-14-32)18-15-33(34,35)36)29-37-21-28(38-29)24-19-22-9-7-8-11-26(22)40-31(24)44-2/h7-9,11,19,21,25,27H,3-6,10,12-18,20H2,1-2H3,(H,37,38)(H,39,43)/t25-,27+/m1/s1. The summed E-state index contributed by atoms with van der Waals surface area (Å²) in [5.74, 6) is 1.21. The van der Waals surface area contributed by atoms with Crippen molar-refractivity contribution in [3.63, 3.8) is 0 Å². The van der Waals surface area contributed by atoms with Crippen molar-refractivity contribution in [1.82, 2.24) is 25.2 Å². The van der Waals surface area contributed by atoms with Gasteiger partial charge < -0.3 is 19.9 Å². The Balaban J connectivity index is 1.26. The third kappa shape index (κ3) is 7.78. The van der Waals surface area contributed by atoms with E-state index < -0.39 is 12.6 Å². The number of nitrogens with one attached hydrogen (secondary N) is 2. The maximum absolute atomic E-state index is 13.6. The van der Waals surface area contributed by atoms with Crippen LogP contribution in [0.1, 0.15) is 83.0 Å². The van der Waals surface area contributed by atoms with Crippen LogP contribution in [0, 0.1) is 11.3 Å². The summed E-state index contributed by atoms with van der Waals surface area (Å²) in [6.45, 7) is 3.06. The number of methoxy groups -OCH3 is 1. The number of piperidine rings is 1. The molecule has 11 heteroatoms. The van der Waals surface area contributed by atoms with E-state index in [9.17, 15) is 22.8 Å². The van der Waals surface area contributed by atoms with Crippen LogP contribution in [0.3, 0.4) is 0 Å². The topological polar surface area (TPSA) is 100 Å². The number of carbonyl (C=O) groups excluding carboxylic acids is 2. The van der Waals surface area contributed by atoms with Crippen LogP contribution in [0.5, 0.6) is 5.88 Å². The smallest absolute Gasteiger partial charge is 0.390 e. The van der Waals surface area contributed by atoms with Crippen LogP contribution in [-0.2, 0) is 9.59 Å². The third-order valence-electron chi connectivity index (χ3n) is 9.33. The average Bonchev–Trinajstić information content (AvgIpc) is 3.48. The molecule has 1 aromatic carbocycles. The number of likely N-dealkylation sites (tertiary alicyclic amines) is 1. The minimum Gasteiger partial charge on any atom is -0.480 e.